The van der Waals surface area contributed by atoms with E-state index in [1.807, 2.05) is 0 Å². The largest absolute Gasteiger partial charge is 0.299 e. The molecular weight excluding hydrogens is 208 g/mol. The standard InChI is InChI=1S/C16H22O/c1-5-13-14(10-15(13)17)11-6-8-12(9-7-11)16(2,3)4/h6-9,13-14H,5,10H2,1-4H3. The Hall–Kier alpha value is -1.11. The second-order valence-electron chi connectivity index (χ2n) is 6.16. The van der Waals surface area contributed by atoms with Crippen LogP contribution in [0.2, 0.25) is 0 Å². The van der Waals surface area contributed by atoms with E-state index in [1.165, 1.54) is 11.1 Å². The third kappa shape index (κ3) is 2.29. The van der Waals surface area contributed by atoms with E-state index in [2.05, 4.69) is 52.0 Å². The predicted octanol–water partition coefficient (Wildman–Crippen LogP) is 4.07. The number of ketones is 1. The molecule has 1 aliphatic carbocycles. The zero-order valence-electron chi connectivity index (χ0n) is 11.3. The van der Waals surface area contributed by atoms with Crippen molar-refractivity contribution in [2.75, 3.05) is 0 Å². The summed E-state index contributed by atoms with van der Waals surface area (Å²) < 4.78 is 0. The summed E-state index contributed by atoms with van der Waals surface area (Å²) in [6, 6.07) is 8.84. The van der Waals surface area contributed by atoms with Gasteiger partial charge in [0.25, 0.3) is 0 Å². The molecule has 2 atom stereocenters. The summed E-state index contributed by atoms with van der Waals surface area (Å²) >= 11 is 0. The lowest BCUT2D eigenvalue weighted by molar-refractivity contribution is -0.131. The first-order chi connectivity index (χ1) is 7.93. The van der Waals surface area contributed by atoms with Crippen LogP contribution < -0.4 is 0 Å². The number of benzene rings is 1. The molecule has 1 heteroatoms. The van der Waals surface area contributed by atoms with Crippen LogP contribution in [0.25, 0.3) is 0 Å². The molecule has 0 aromatic heterocycles. The molecule has 1 aromatic carbocycles. The van der Waals surface area contributed by atoms with Crippen molar-refractivity contribution in [1.29, 1.82) is 0 Å². The van der Waals surface area contributed by atoms with Crippen LogP contribution in [0.15, 0.2) is 24.3 Å². The smallest absolute Gasteiger partial charge is 0.137 e. The van der Waals surface area contributed by atoms with Crippen molar-refractivity contribution in [1.82, 2.24) is 0 Å². The van der Waals surface area contributed by atoms with Gasteiger partial charge in [0.2, 0.25) is 0 Å². The van der Waals surface area contributed by atoms with Crippen molar-refractivity contribution < 1.29 is 4.79 Å². The van der Waals surface area contributed by atoms with Crippen LogP contribution in [-0.4, -0.2) is 5.78 Å². The van der Waals surface area contributed by atoms with Crippen molar-refractivity contribution in [3.63, 3.8) is 0 Å². The monoisotopic (exact) mass is 230 g/mol. The second-order valence-corrected chi connectivity index (χ2v) is 6.16. The van der Waals surface area contributed by atoms with Crippen molar-refractivity contribution in [2.24, 2.45) is 5.92 Å². The van der Waals surface area contributed by atoms with Gasteiger partial charge in [-0.15, -0.1) is 0 Å². The van der Waals surface area contributed by atoms with E-state index >= 15 is 0 Å². The molecule has 2 unspecified atom stereocenters. The molecule has 2 rings (SSSR count). The average Bonchev–Trinajstić information content (AvgIpc) is 2.25. The van der Waals surface area contributed by atoms with Gasteiger partial charge in [-0.1, -0.05) is 52.0 Å². The Morgan fingerprint density at radius 3 is 2.18 bits per heavy atom. The van der Waals surface area contributed by atoms with Gasteiger partial charge in [0.15, 0.2) is 0 Å². The molecule has 1 aromatic rings. The number of carbonyl (C=O) groups is 1. The molecule has 92 valence electrons. The molecule has 0 bridgehead atoms. The summed E-state index contributed by atoms with van der Waals surface area (Å²) in [6.07, 6.45) is 1.72. The second kappa shape index (κ2) is 4.29. The van der Waals surface area contributed by atoms with Gasteiger partial charge in [-0.25, -0.2) is 0 Å². The molecule has 0 amide bonds. The lowest BCUT2D eigenvalue weighted by Crippen LogP contribution is -2.34. The third-order valence-electron chi connectivity index (χ3n) is 3.97. The molecular formula is C16H22O. The van der Waals surface area contributed by atoms with Crippen LogP contribution in [0.1, 0.15) is 57.6 Å². The molecule has 0 N–H and O–H groups in total. The number of hydrogen-bond donors (Lipinski definition) is 0. The Kier molecular flexibility index (Phi) is 3.11. The molecule has 1 saturated carbocycles. The molecule has 0 radical (unpaired) electrons. The van der Waals surface area contributed by atoms with Gasteiger partial charge in [0.05, 0.1) is 0 Å². The maximum Gasteiger partial charge on any atom is 0.137 e. The topological polar surface area (TPSA) is 17.1 Å². The van der Waals surface area contributed by atoms with Crippen molar-refractivity contribution in [3.05, 3.63) is 35.4 Å². The Morgan fingerprint density at radius 1 is 1.18 bits per heavy atom. The van der Waals surface area contributed by atoms with Crippen LogP contribution in [0.4, 0.5) is 0 Å². The van der Waals surface area contributed by atoms with Gasteiger partial charge in [-0.05, 0) is 23.0 Å². The Labute approximate surface area is 104 Å². The van der Waals surface area contributed by atoms with Crippen molar-refractivity contribution in [3.8, 4) is 0 Å². The van der Waals surface area contributed by atoms with E-state index in [4.69, 9.17) is 0 Å². The normalized spacial score (nSPS) is 24.6. The van der Waals surface area contributed by atoms with Crippen LogP contribution in [0, 0.1) is 5.92 Å². The summed E-state index contributed by atoms with van der Waals surface area (Å²) in [6.45, 7) is 8.79. The zero-order valence-corrected chi connectivity index (χ0v) is 11.3. The fraction of sp³-hybridized carbons (Fsp3) is 0.562. The van der Waals surface area contributed by atoms with Crippen LogP contribution >= 0.6 is 0 Å². The van der Waals surface area contributed by atoms with E-state index in [1.54, 1.807) is 0 Å². The van der Waals surface area contributed by atoms with Gasteiger partial charge in [-0.2, -0.15) is 0 Å². The van der Waals surface area contributed by atoms with Crippen LogP contribution in [0.3, 0.4) is 0 Å². The molecule has 0 aliphatic heterocycles. The molecule has 0 saturated heterocycles. The highest BCUT2D eigenvalue weighted by Gasteiger charge is 2.38. The molecule has 1 nitrogen and oxygen atoms in total. The Balaban J connectivity index is 2.17. The summed E-state index contributed by atoms with van der Waals surface area (Å²) in [7, 11) is 0. The lowest BCUT2D eigenvalue weighted by Gasteiger charge is -2.35. The molecule has 0 heterocycles. The fourth-order valence-corrected chi connectivity index (χ4v) is 2.67. The first-order valence-corrected chi connectivity index (χ1v) is 6.56. The van der Waals surface area contributed by atoms with Gasteiger partial charge in [0.1, 0.15) is 5.78 Å². The minimum absolute atomic E-state index is 0.206. The van der Waals surface area contributed by atoms with Crippen LogP contribution in [-0.2, 0) is 10.2 Å². The number of hydrogen-bond acceptors (Lipinski definition) is 1. The van der Waals surface area contributed by atoms with E-state index in [9.17, 15) is 4.79 Å². The van der Waals surface area contributed by atoms with Crippen molar-refractivity contribution in [2.45, 2.75) is 51.9 Å². The third-order valence-corrected chi connectivity index (χ3v) is 3.97. The van der Waals surface area contributed by atoms with E-state index in [-0.39, 0.29) is 11.3 Å². The van der Waals surface area contributed by atoms with Gasteiger partial charge in [-0.3, -0.25) is 4.79 Å². The Morgan fingerprint density at radius 2 is 1.76 bits per heavy atom. The van der Waals surface area contributed by atoms with E-state index in [0.717, 1.165) is 12.8 Å². The van der Waals surface area contributed by atoms with Gasteiger partial charge in [0, 0.05) is 18.3 Å². The SMILES string of the molecule is CCC1C(=O)CC1c1ccc(C(C)(C)C)cc1. The molecule has 0 spiro atoms. The maximum absolute atomic E-state index is 11.5. The van der Waals surface area contributed by atoms with Crippen molar-refractivity contribution >= 4 is 5.78 Å². The minimum Gasteiger partial charge on any atom is -0.299 e. The van der Waals surface area contributed by atoms with E-state index in [0.29, 0.717) is 11.7 Å². The summed E-state index contributed by atoms with van der Waals surface area (Å²) in [5.74, 6) is 1.19. The highest BCUT2D eigenvalue weighted by molar-refractivity contribution is 5.89. The first-order valence-electron chi connectivity index (χ1n) is 6.56. The van der Waals surface area contributed by atoms with Gasteiger partial charge >= 0.3 is 0 Å². The summed E-state index contributed by atoms with van der Waals surface area (Å²) in [4.78, 5) is 11.5. The lowest BCUT2D eigenvalue weighted by atomic mass is 9.67. The minimum atomic E-state index is 0.206. The number of Topliss-reactive ketones (excluding diaryl/α,β-unsaturated/α-hetero) is 1. The Bertz CT molecular complexity index is 408. The van der Waals surface area contributed by atoms with Gasteiger partial charge < -0.3 is 0 Å². The average molecular weight is 230 g/mol. The summed E-state index contributed by atoms with van der Waals surface area (Å²) in [5.41, 5.74) is 2.90. The van der Waals surface area contributed by atoms with Crippen LogP contribution in [0.5, 0.6) is 0 Å². The quantitative estimate of drug-likeness (QED) is 0.748. The first kappa shape index (κ1) is 12.3. The molecule has 1 aliphatic rings. The fourth-order valence-electron chi connectivity index (χ4n) is 2.67. The number of carbonyl (C=O) groups excluding carboxylic acids is 1. The maximum atomic E-state index is 11.5. The van der Waals surface area contributed by atoms with E-state index < -0.39 is 0 Å². The summed E-state index contributed by atoms with van der Waals surface area (Å²) in [5, 5.41) is 0. The highest BCUT2D eigenvalue weighted by Crippen LogP contribution is 2.41. The number of rotatable bonds is 2. The molecule has 17 heavy (non-hydrogen) atoms. The zero-order chi connectivity index (χ0) is 12.6. The predicted molar refractivity (Wildman–Crippen MR) is 71.3 cm³/mol. The highest BCUT2D eigenvalue weighted by atomic mass is 16.1. The molecule has 1 fully saturated rings.